The highest BCUT2D eigenvalue weighted by atomic mass is 16.4. The Morgan fingerprint density at radius 1 is 1.10 bits per heavy atom. The fraction of sp³-hybridized carbons (Fsp3) is 0.0625. The summed E-state index contributed by atoms with van der Waals surface area (Å²) in [5.74, 6) is -0.667. The molecule has 3 aromatic rings. The molecule has 0 aliphatic carbocycles. The van der Waals surface area contributed by atoms with Gasteiger partial charge in [0.2, 0.25) is 0 Å². The fourth-order valence-corrected chi connectivity index (χ4v) is 2.30. The molecule has 0 amide bonds. The van der Waals surface area contributed by atoms with Gasteiger partial charge >= 0.3 is 5.97 Å². The van der Waals surface area contributed by atoms with Crippen LogP contribution in [0.2, 0.25) is 0 Å². The molecule has 0 bridgehead atoms. The van der Waals surface area contributed by atoms with Gasteiger partial charge in [-0.15, -0.1) is 0 Å². The zero-order valence-corrected chi connectivity index (χ0v) is 11.3. The molecule has 0 unspecified atom stereocenters. The van der Waals surface area contributed by atoms with Gasteiger partial charge in [0.1, 0.15) is 5.82 Å². The van der Waals surface area contributed by atoms with Crippen molar-refractivity contribution in [2.75, 3.05) is 0 Å². The molecule has 0 saturated heterocycles. The van der Waals surface area contributed by atoms with Crippen LogP contribution < -0.4 is 0 Å². The first-order valence-electron chi connectivity index (χ1n) is 6.39. The minimum atomic E-state index is -1.11. The number of hydrogen-bond acceptors (Lipinski definition) is 3. The molecule has 0 spiro atoms. The minimum absolute atomic E-state index is 0.00314. The number of carbonyl (C=O) groups is 2. The van der Waals surface area contributed by atoms with Crippen LogP contribution >= 0.6 is 0 Å². The SMILES string of the molecule is Cc1nc2ccc(C(=O)c3ccccc3C(=O)O)cc2[nH]1. The van der Waals surface area contributed by atoms with E-state index in [1.807, 2.05) is 6.92 Å². The van der Waals surface area contributed by atoms with E-state index in [2.05, 4.69) is 9.97 Å². The summed E-state index contributed by atoms with van der Waals surface area (Å²) in [4.78, 5) is 31.1. The van der Waals surface area contributed by atoms with Gasteiger partial charge in [-0.25, -0.2) is 9.78 Å². The molecule has 0 fully saturated rings. The summed E-state index contributed by atoms with van der Waals surface area (Å²) in [5.41, 5.74) is 2.14. The van der Waals surface area contributed by atoms with Crippen LogP contribution in [-0.4, -0.2) is 26.8 Å². The quantitative estimate of drug-likeness (QED) is 0.723. The van der Waals surface area contributed by atoms with Crippen molar-refractivity contribution in [2.45, 2.75) is 6.92 Å². The summed E-state index contributed by atoms with van der Waals surface area (Å²) >= 11 is 0. The average molecular weight is 280 g/mol. The molecule has 5 nitrogen and oxygen atoms in total. The molecular formula is C16H12N2O3. The number of fused-ring (bicyclic) bond motifs is 1. The van der Waals surface area contributed by atoms with Crippen molar-refractivity contribution in [1.29, 1.82) is 0 Å². The summed E-state index contributed by atoms with van der Waals surface area (Å²) in [5, 5.41) is 9.17. The number of aryl methyl sites for hydroxylation is 1. The van der Waals surface area contributed by atoms with Gasteiger partial charge in [-0.3, -0.25) is 4.79 Å². The molecule has 2 N–H and O–H groups in total. The minimum Gasteiger partial charge on any atom is -0.478 e. The second-order valence-corrected chi connectivity index (χ2v) is 4.73. The topological polar surface area (TPSA) is 83.1 Å². The molecule has 0 atom stereocenters. The summed E-state index contributed by atoms with van der Waals surface area (Å²) in [7, 11) is 0. The smallest absolute Gasteiger partial charge is 0.336 e. The highest BCUT2D eigenvalue weighted by molar-refractivity contribution is 6.15. The predicted octanol–water partition coefficient (Wildman–Crippen LogP) is 2.80. The van der Waals surface area contributed by atoms with E-state index < -0.39 is 5.97 Å². The maximum Gasteiger partial charge on any atom is 0.336 e. The van der Waals surface area contributed by atoms with Crippen molar-refractivity contribution < 1.29 is 14.7 Å². The lowest BCUT2D eigenvalue weighted by Gasteiger charge is -2.05. The largest absolute Gasteiger partial charge is 0.478 e. The number of benzene rings is 2. The van der Waals surface area contributed by atoms with Gasteiger partial charge in [-0.05, 0) is 31.2 Å². The van der Waals surface area contributed by atoms with Crippen LogP contribution in [-0.2, 0) is 0 Å². The van der Waals surface area contributed by atoms with Crippen LogP contribution in [0.3, 0.4) is 0 Å². The van der Waals surface area contributed by atoms with Crippen LogP contribution in [0.25, 0.3) is 11.0 Å². The van der Waals surface area contributed by atoms with E-state index in [0.29, 0.717) is 5.56 Å². The molecule has 2 aromatic carbocycles. The third-order valence-corrected chi connectivity index (χ3v) is 3.26. The molecule has 21 heavy (non-hydrogen) atoms. The molecule has 5 heteroatoms. The second-order valence-electron chi connectivity index (χ2n) is 4.73. The molecule has 1 heterocycles. The normalized spacial score (nSPS) is 10.7. The standard InChI is InChI=1S/C16H12N2O3/c1-9-17-13-7-6-10(8-14(13)18-9)15(19)11-4-2-3-5-12(11)16(20)21/h2-8H,1H3,(H,17,18)(H,20,21). The molecule has 0 aliphatic heterocycles. The molecule has 104 valence electrons. The third-order valence-electron chi connectivity index (χ3n) is 3.26. The molecule has 0 aliphatic rings. The highest BCUT2D eigenvalue weighted by Crippen LogP contribution is 2.19. The van der Waals surface area contributed by atoms with Crippen LogP contribution in [0.1, 0.15) is 32.1 Å². The van der Waals surface area contributed by atoms with E-state index in [9.17, 15) is 9.59 Å². The number of nitrogens with zero attached hydrogens (tertiary/aromatic N) is 1. The maximum absolute atomic E-state index is 12.5. The number of aromatic nitrogens is 2. The molecule has 0 radical (unpaired) electrons. The van der Waals surface area contributed by atoms with E-state index in [1.54, 1.807) is 30.3 Å². The number of nitrogens with one attached hydrogen (secondary N) is 1. The van der Waals surface area contributed by atoms with Gasteiger partial charge in [-0.1, -0.05) is 18.2 Å². The van der Waals surface area contributed by atoms with Gasteiger partial charge < -0.3 is 10.1 Å². The molecule has 3 rings (SSSR count). The van der Waals surface area contributed by atoms with Gasteiger partial charge in [0.05, 0.1) is 16.6 Å². The Bertz CT molecular complexity index is 865. The third kappa shape index (κ3) is 2.29. The van der Waals surface area contributed by atoms with Crippen LogP contribution in [0.15, 0.2) is 42.5 Å². The summed E-state index contributed by atoms with van der Waals surface area (Å²) in [6.07, 6.45) is 0. The first-order valence-corrected chi connectivity index (χ1v) is 6.39. The number of H-pyrrole nitrogens is 1. The van der Waals surface area contributed by atoms with E-state index >= 15 is 0 Å². The van der Waals surface area contributed by atoms with Crippen LogP contribution in [0, 0.1) is 6.92 Å². The Hall–Kier alpha value is -2.95. The number of hydrogen-bond donors (Lipinski definition) is 2. The van der Waals surface area contributed by atoms with Crippen molar-refractivity contribution >= 4 is 22.8 Å². The first kappa shape index (κ1) is 13.1. The van der Waals surface area contributed by atoms with E-state index in [4.69, 9.17) is 5.11 Å². The Morgan fingerprint density at radius 2 is 1.81 bits per heavy atom. The number of carbonyl (C=O) groups excluding carboxylic acids is 1. The summed E-state index contributed by atoms with van der Waals surface area (Å²) < 4.78 is 0. The van der Waals surface area contributed by atoms with Crippen molar-refractivity contribution in [2.24, 2.45) is 0 Å². The average Bonchev–Trinajstić information content (AvgIpc) is 2.85. The second kappa shape index (κ2) is 4.86. The monoisotopic (exact) mass is 280 g/mol. The van der Waals surface area contributed by atoms with Crippen molar-refractivity contribution in [1.82, 2.24) is 9.97 Å². The summed E-state index contributed by atoms with van der Waals surface area (Å²) in [6, 6.07) is 11.3. The number of aromatic amines is 1. The number of imidazole rings is 1. The maximum atomic E-state index is 12.5. The number of aromatic carboxylic acids is 1. The van der Waals surface area contributed by atoms with E-state index in [-0.39, 0.29) is 16.9 Å². The van der Waals surface area contributed by atoms with Gasteiger partial charge in [0, 0.05) is 11.1 Å². The lowest BCUT2D eigenvalue weighted by molar-refractivity contribution is 0.0693. The highest BCUT2D eigenvalue weighted by Gasteiger charge is 2.17. The van der Waals surface area contributed by atoms with Crippen LogP contribution in [0.5, 0.6) is 0 Å². The zero-order chi connectivity index (χ0) is 15.0. The number of rotatable bonds is 3. The van der Waals surface area contributed by atoms with Crippen molar-refractivity contribution in [3.8, 4) is 0 Å². The van der Waals surface area contributed by atoms with Crippen molar-refractivity contribution in [3.05, 3.63) is 65.0 Å². The molecule has 1 aromatic heterocycles. The Labute approximate surface area is 120 Å². The fourth-order valence-electron chi connectivity index (χ4n) is 2.30. The predicted molar refractivity (Wildman–Crippen MR) is 77.7 cm³/mol. The van der Waals surface area contributed by atoms with E-state index in [1.165, 1.54) is 12.1 Å². The Balaban J connectivity index is 2.10. The Kier molecular flexibility index (Phi) is 3.02. The summed E-state index contributed by atoms with van der Waals surface area (Å²) in [6.45, 7) is 1.83. The van der Waals surface area contributed by atoms with Gasteiger partial charge in [0.15, 0.2) is 5.78 Å². The van der Waals surface area contributed by atoms with Gasteiger partial charge in [-0.2, -0.15) is 0 Å². The molecule has 0 saturated carbocycles. The van der Waals surface area contributed by atoms with Crippen molar-refractivity contribution in [3.63, 3.8) is 0 Å². The number of ketones is 1. The first-order chi connectivity index (χ1) is 10.1. The van der Waals surface area contributed by atoms with Crippen LogP contribution in [0.4, 0.5) is 0 Å². The lowest BCUT2D eigenvalue weighted by Crippen LogP contribution is -2.09. The lowest BCUT2D eigenvalue weighted by atomic mass is 9.98. The van der Waals surface area contributed by atoms with Gasteiger partial charge in [0.25, 0.3) is 0 Å². The Morgan fingerprint density at radius 3 is 2.52 bits per heavy atom. The molecular weight excluding hydrogens is 268 g/mol. The number of carboxylic acid groups (broad SMARTS) is 1. The van der Waals surface area contributed by atoms with E-state index in [0.717, 1.165) is 16.9 Å². The zero-order valence-electron chi connectivity index (χ0n) is 11.3. The number of carboxylic acids is 1.